The first kappa shape index (κ1) is 13.3. The van der Waals surface area contributed by atoms with Crippen LogP contribution >= 0.6 is 0 Å². The van der Waals surface area contributed by atoms with Crippen molar-refractivity contribution < 1.29 is 0 Å². The predicted octanol–water partition coefficient (Wildman–Crippen LogP) is 1.40. The molecule has 0 aromatic heterocycles. The van der Waals surface area contributed by atoms with Gasteiger partial charge in [0.25, 0.3) is 0 Å². The van der Waals surface area contributed by atoms with E-state index in [1.165, 1.54) is 51.9 Å². The maximum absolute atomic E-state index is 3.61. The van der Waals surface area contributed by atoms with Crippen LogP contribution in [0.15, 0.2) is 0 Å². The molecule has 0 aliphatic carbocycles. The third-order valence-electron chi connectivity index (χ3n) is 4.64. The molecule has 17 heavy (non-hydrogen) atoms. The van der Waals surface area contributed by atoms with Gasteiger partial charge in [0, 0.05) is 25.2 Å². The van der Waals surface area contributed by atoms with Gasteiger partial charge in [0.05, 0.1) is 0 Å². The number of hydrogen-bond donors (Lipinski definition) is 1. The van der Waals surface area contributed by atoms with Crippen LogP contribution in [0.5, 0.6) is 0 Å². The molecule has 3 nitrogen and oxygen atoms in total. The zero-order chi connectivity index (χ0) is 12.3. The van der Waals surface area contributed by atoms with Crippen molar-refractivity contribution in [2.75, 3.05) is 40.3 Å². The zero-order valence-corrected chi connectivity index (χ0v) is 11.8. The van der Waals surface area contributed by atoms with Crippen LogP contribution in [0.3, 0.4) is 0 Å². The topological polar surface area (TPSA) is 18.5 Å². The third-order valence-corrected chi connectivity index (χ3v) is 4.64. The van der Waals surface area contributed by atoms with E-state index in [2.05, 4.69) is 36.1 Å². The van der Waals surface area contributed by atoms with E-state index in [0.29, 0.717) is 0 Å². The summed E-state index contributed by atoms with van der Waals surface area (Å²) in [4.78, 5) is 5.06. The molecule has 2 aliphatic heterocycles. The number of rotatable bonds is 3. The zero-order valence-electron chi connectivity index (χ0n) is 11.8. The molecule has 3 heteroatoms. The first-order chi connectivity index (χ1) is 8.15. The van der Waals surface area contributed by atoms with Gasteiger partial charge in [-0.3, -0.25) is 0 Å². The van der Waals surface area contributed by atoms with E-state index >= 15 is 0 Å². The summed E-state index contributed by atoms with van der Waals surface area (Å²) in [5.74, 6) is 0.926. The molecule has 2 atom stereocenters. The first-order valence-electron chi connectivity index (χ1n) is 7.27. The lowest BCUT2D eigenvalue weighted by atomic mass is 9.94. The highest BCUT2D eigenvalue weighted by atomic mass is 15.2. The molecule has 0 aromatic carbocycles. The third kappa shape index (κ3) is 3.94. The molecule has 0 saturated carbocycles. The Hall–Kier alpha value is -0.120. The molecule has 2 saturated heterocycles. The number of nitrogens with one attached hydrogen (secondary N) is 1. The van der Waals surface area contributed by atoms with E-state index in [4.69, 9.17) is 0 Å². The summed E-state index contributed by atoms with van der Waals surface area (Å²) in [6, 6.07) is 1.49. The second kappa shape index (κ2) is 6.17. The van der Waals surface area contributed by atoms with Crippen molar-refractivity contribution >= 4 is 0 Å². The van der Waals surface area contributed by atoms with E-state index in [1.54, 1.807) is 0 Å². The largest absolute Gasteiger partial charge is 0.313 e. The molecule has 2 rings (SSSR count). The molecule has 0 aromatic rings. The summed E-state index contributed by atoms with van der Waals surface area (Å²) in [7, 11) is 4.56. The molecular formula is C14H29N3. The van der Waals surface area contributed by atoms with E-state index in [0.717, 1.165) is 18.0 Å². The first-order valence-corrected chi connectivity index (χ1v) is 7.27. The van der Waals surface area contributed by atoms with Crippen molar-refractivity contribution in [1.29, 1.82) is 0 Å². The van der Waals surface area contributed by atoms with Crippen molar-refractivity contribution in [3.8, 4) is 0 Å². The molecule has 2 unspecified atom stereocenters. The fourth-order valence-corrected chi connectivity index (χ4v) is 3.16. The molecule has 0 radical (unpaired) electrons. The number of likely N-dealkylation sites (tertiary alicyclic amines) is 1. The van der Waals surface area contributed by atoms with Gasteiger partial charge >= 0.3 is 0 Å². The van der Waals surface area contributed by atoms with E-state index < -0.39 is 0 Å². The van der Waals surface area contributed by atoms with Gasteiger partial charge in [-0.15, -0.1) is 0 Å². The highest BCUT2D eigenvalue weighted by molar-refractivity contribution is 4.82. The van der Waals surface area contributed by atoms with Crippen molar-refractivity contribution in [3.63, 3.8) is 0 Å². The summed E-state index contributed by atoms with van der Waals surface area (Å²) in [6.45, 7) is 7.36. The Morgan fingerprint density at radius 1 is 1.18 bits per heavy atom. The molecule has 0 bridgehead atoms. The lowest BCUT2D eigenvalue weighted by molar-refractivity contribution is 0.130. The van der Waals surface area contributed by atoms with Gasteiger partial charge in [-0.2, -0.15) is 0 Å². The van der Waals surface area contributed by atoms with Crippen LogP contribution in [0.2, 0.25) is 0 Å². The fourth-order valence-electron chi connectivity index (χ4n) is 3.16. The molecular weight excluding hydrogens is 210 g/mol. The van der Waals surface area contributed by atoms with E-state index in [1.807, 2.05) is 0 Å². The Labute approximate surface area is 107 Å². The second-order valence-corrected chi connectivity index (χ2v) is 6.23. The van der Waals surface area contributed by atoms with Gasteiger partial charge in [0.1, 0.15) is 0 Å². The summed E-state index contributed by atoms with van der Waals surface area (Å²) in [5, 5.41) is 3.61. The summed E-state index contributed by atoms with van der Waals surface area (Å²) in [6.07, 6.45) is 5.48. The summed E-state index contributed by atoms with van der Waals surface area (Å²) >= 11 is 0. The molecule has 1 N–H and O–H groups in total. The maximum atomic E-state index is 3.61. The predicted molar refractivity (Wildman–Crippen MR) is 73.3 cm³/mol. The van der Waals surface area contributed by atoms with Gasteiger partial charge in [-0.25, -0.2) is 0 Å². The van der Waals surface area contributed by atoms with Crippen molar-refractivity contribution in [3.05, 3.63) is 0 Å². The summed E-state index contributed by atoms with van der Waals surface area (Å²) < 4.78 is 0. The molecule has 100 valence electrons. The lowest BCUT2D eigenvalue weighted by Crippen LogP contribution is -2.49. The second-order valence-electron chi connectivity index (χ2n) is 6.23. The van der Waals surface area contributed by atoms with Crippen LogP contribution in [0.25, 0.3) is 0 Å². The van der Waals surface area contributed by atoms with Crippen LogP contribution in [0, 0.1) is 5.92 Å². The number of piperidine rings is 2. The van der Waals surface area contributed by atoms with Gasteiger partial charge in [0.2, 0.25) is 0 Å². The van der Waals surface area contributed by atoms with Gasteiger partial charge < -0.3 is 15.1 Å². The number of likely N-dealkylation sites (N-methyl/N-ethyl adjacent to an activating group) is 1. The Morgan fingerprint density at radius 2 is 1.88 bits per heavy atom. The molecule has 2 heterocycles. The molecule has 2 fully saturated rings. The fraction of sp³-hybridized carbons (Fsp3) is 1.00. The molecule has 2 aliphatic rings. The minimum atomic E-state index is 0.725. The quantitative estimate of drug-likeness (QED) is 0.803. The van der Waals surface area contributed by atoms with E-state index in [-0.39, 0.29) is 0 Å². The Kier molecular flexibility index (Phi) is 4.83. The van der Waals surface area contributed by atoms with Crippen molar-refractivity contribution in [2.24, 2.45) is 5.92 Å². The van der Waals surface area contributed by atoms with Gasteiger partial charge in [-0.05, 0) is 65.7 Å². The Balaban J connectivity index is 1.71. The van der Waals surface area contributed by atoms with Crippen LogP contribution in [-0.4, -0.2) is 62.2 Å². The normalized spacial score (nSPS) is 33.2. The average Bonchev–Trinajstić information content (AvgIpc) is 2.33. The monoisotopic (exact) mass is 239 g/mol. The van der Waals surface area contributed by atoms with Crippen LogP contribution in [0.1, 0.15) is 32.6 Å². The molecule has 0 spiro atoms. The SMILES string of the molecule is CC1CCC(N(C)CC2CCN(C)CC2)CN1. The highest BCUT2D eigenvalue weighted by Gasteiger charge is 2.24. The average molecular weight is 239 g/mol. The minimum Gasteiger partial charge on any atom is -0.313 e. The van der Waals surface area contributed by atoms with Gasteiger partial charge in [0.15, 0.2) is 0 Å². The van der Waals surface area contributed by atoms with E-state index in [9.17, 15) is 0 Å². The van der Waals surface area contributed by atoms with Crippen molar-refractivity contribution in [1.82, 2.24) is 15.1 Å². The number of nitrogens with zero attached hydrogens (tertiary/aromatic N) is 2. The maximum Gasteiger partial charge on any atom is 0.0218 e. The molecule has 0 amide bonds. The van der Waals surface area contributed by atoms with Crippen LogP contribution < -0.4 is 5.32 Å². The minimum absolute atomic E-state index is 0.725. The van der Waals surface area contributed by atoms with Crippen LogP contribution in [-0.2, 0) is 0 Å². The highest BCUT2D eigenvalue weighted by Crippen LogP contribution is 2.20. The Morgan fingerprint density at radius 3 is 2.47 bits per heavy atom. The van der Waals surface area contributed by atoms with Crippen molar-refractivity contribution in [2.45, 2.75) is 44.7 Å². The number of hydrogen-bond acceptors (Lipinski definition) is 3. The van der Waals surface area contributed by atoms with Gasteiger partial charge in [-0.1, -0.05) is 0 Å². The Bertz CT molecular complexity index is 216. The summed E-state index contributed by atoms with van der Waals surface area (Å²) in [5.41, 5.74) is 0. The standard InChI is InChI=1S/C14H29N3/c1-12-4-5-14(10-15-12)17(3)11-13-6-8-16(2)9-7-13/h12-15H,4-11H2,1-3H3. The van der Waals surface area contributed by atoms with Crippen LogP contribution in [0.4, 0.5) is 0 Å². The smallest absolute Gasteiger partial charge is 0.0218 e. The lowest BCUT2D eigenvalue weighted by Gasteiger charge is -2.38.